The molecule has 0 amide bonds. The van der Waals surface area contributed by atoms with Gasteiger partial charge in [0.15, 0.2) is 0 Å². The van der Waals surface area contributed by atoms with Crippen LogP contribution in [0.15, 0.2) is 0 Å². The Morgan fingerprint density at radius 1 is 1.12 bits per heavy atom. The van der Waals surface area contributed by atoms with Crippen molar-refractivity contribution in [2.75, 3.05) is 11.5 Å². The van der Waals surface area contributed by atoms with Crippen LogP contribution in [0.1, 0.15) is 59.3 Å². The first-order valence-corrected chi connectivity index (χ1v) is 8.52. The van der Waals surface area contributed by atoms with Crippen LogP contribution >= 0.6 is 0 Å². The second-order valence-corrected chi connectivity index (χ2v) is 7.03. The van der Waals surface area contributed by atoms with Gasteiger partial charge in [0.2, 0.25) is 0 Å². The summed E-state index contributed by atoms with van der Waals surface area (Å²) in [6.45, 7) is 5.79. The topological polar surface area (TPSA) is 51.2 Å². The molecule has 4 heteroatoms. The van der Waals surface area contributed by atoms with E-state index in [4.69, 9.17) is 0 Å². The molecule has 3 nitrogen and oxygen atoms in total. The van der Waals surface area contributed by atoms with Gasteiger partial charge in [0, 0.05) is 18.1 Å². The average molecular weight is 262 g/mol. The molecule has 102 valence electrons. The summed E-state index contributed by atoms with van der Waals surface area (Å²) in [6.07, 6.45) is 4.91. The van der Waals surface area contributed by atoms with Crippen LogP contribution in [-0.2, 0) is 14.6 Å². The Morgan fingerprint density at radius 2 is 1.76 bits per heavy atom. The van der Waals surface area contributed by atoms with Crippen LogP contribution in [0.5, 0.6) is 0 Å². The van der Waals surface area contributed by atoms with E-state index in [9.17, 15) is 13.2 Å². The summed E-state index contributed by atoms with van der Waals surface area (Å²) in [5, 5.41) is 0. The molecule has 0 spiro atoms. The number of hydrogen-bond donors (Lipinski definition) is 0. The molecule has 0 rings (SSSR count). The fourth-order valence-corrected chi connectivity index (χ4v) is 2.73. The summed E-state index contributed by atoms with van der Waals surface area (Å²) >= 11 is 0. The molecular formula is C13H26O3S. The number of rotatable bonds is 10. The van der Waals surface area contributed by atoms with Crippen LogP contribution in [-0.4, -0.2) is 25.7 Å². The molecule has 0 N–H and O–H groups in total. The second-order valence-electron chi connectivity index (χ2n) is 4.55. The number of ketones is 1. The normalized spacial score (nSPS) is 13.6. The van der Waals surface area contributed by atoms with E-state index in [1.54, 1.807) is 6.92 Å². The smallest absolute Gasteiger partial charge is 0.150 e. The molecule has 0 fully saturated rings. The predicted octanol–water partition coefficient (Wildman–Crippen LogP) is 2.99. The van der Waals surface area contributed by atoms with Gasteiger partial charge in [0.1, 0.15) is 15.6 Å². The Kier molecular flexibility index (Phi) is 8.48. The number of sulfone groups is 1. The SMILES string of the molecule is CCCCC(CC)C(=O)CCCS(=O)(=O)CC. The van der Waals surface area contributed by atoms with Crippen molar-refractivity contribution in [2.24, 2.45) is 5.92 Å². The zero-order valence-electron chi connectivity index (χ0n) is 11.4. The van der Waals surface area contributed by atoms with Crippen molar-refractivity contribution in [3.63, 3.8) is 0 Å². The molecular weight excluding hydrogens is 236 g/mol. The minimum atomic E-state index is -2.92. The summed E-state index contributed by atoms with van der Waals surface area (Å²) in [4.78, 5) is 11.9. The number of carbonyl (C=O) groups is 1. The molecule has 0 saturated heterocycles. The second kappa shape index (κ2) is 8.67. The molecule has 0 aromatic heterocycles. The Bertz CT molecular complexity index is 307. The molecule has 0 heterocycles. The summed E-state index contributed by atoms with van der Waals surface area (Å²) in [7, 11) is -2.92. The van der Waals surface area contributed by atoms with Crippen molar-refractivity contribution in [3.05, 3.63) is 0 Å². The maximum Gasteiger partial charge on any atom is 0.150 e. The predicted molar refractivity (Wildman–Crippen MR) is 71.9 cm³/mol. The molecule has 0 aliphatic rings. The van der Waals surface area contributed by atoms with Gasteiger partial charge in [0.25, 0.3) is 0 Å². The van der Waals surface area contributed by atoms with Crippen LogP contribution in [0.3, 0.4) is 0 Å². The van der Waals surface area contributed by atoms with Crippen molar-refractivity contribution >= 4 is 15.6 Å². The fraction of sp³-hybridized carbons (Fsp3) is 0.923. The lowest BCUT2D eigenvalue weighted by molar-refractivity contribution is -0.123. The van der Waals surface area contributed by atoms with Crippen molar-refractivity contribution in [1.82, 2.24) is 0 Å². The van der Waals surface area contributed by atoms with E-state index in [1.807, 2.05) is 6.92 Å². The number of hydrogen-bond acceptors (Lipinski definition) is 3. The molecule has 0 saturated carbocycles. The Hall–Kier alpha value is -0.380. The Balaban J connectivity index is 3.99. The van der Waals surface area contributed by atoms with Crippen LogP contribution in [0.4, 0.5) is 0 Å². The molecule has 1 atom stereocenters. The van der Waals surface area contributed by atoms with Crippen LogP contribution in [0, 0.1) is 5.92 Å². The van der Waals surface area contributed by atoms with Gasteiger partial charge in [-0.05, 0) is 19.3 Å². The zero-order valence-corrected chi connectivity index (χ0v) is 12.2. The molecule has 0 aromatic carbocycles. The van der Waals surface area contributed by atoms with Crippen LogP contribution in [0.25, 0.3) is 0 Å². The van der Waals surface area contributed by atoms with Gasteiger partial charge < -0.3 is 0 Å². The highest BCUT2D eigenvalue weighted by Crippen LogP contribution is 2.16. The minimum Gasteiger partial charge on any atom is -0.299 e. The maximum atomic E-state index is 11.9. The van der Waals surface area contributed by atoms with Gasteiger partial charge in [-0.15, -0.1) is 0 Å². The van der Waals surface area contributed by atoms with Gasteiger partial charge in [-0.3, -0.25) is 4.79 Å². The lowest BCUT2D eigenvalue weighted by Gasteiger charge is -2.12. The average Bonchev–Trinajstić information content (AvgIpc) is 2.30. The minimum absolute atomic E-state index is 0.138. The fourth-order valence-electron chi connectivity index (χ4n) is 1.86. The lowest BCUT2D eigenvalue weighted by atomic mass is 9.92. The molecule has 1 unspecified atom stereocenters. The van der Waals surface area contributed by atoms with Gasteiger partial charge in [-0.1, -0.05) is 33.6 Å². The van der Waals surface area contributed by atoms with Gasteiger partial charge in [-0.2, -0.15) is 0 Å². The largest absolute Gasteiger partial charge is 0.299 e. The first kappa shape index (κ1) is 16.6. The Labute approximate surface area is 106 Å². The summed E-state index contributed by atoms with van der Waals surface area (Å²) in [6, 6.07) is 0. The quantitative estimate of drug-likeness (QED) is 0.608. The van der Waals surface area contributed by atoms with Crippen LogP contribution in [0.2, 0.25) is 0 Å². The standard InChI is InChI=1S/C13H26O3S/c1-4-7-9-12(5-2)13(14)10-8-11-17(15,16)6-3/h12H,4-11H2,1-3H3. The van der Waals surface area contributed by atoms with Gasteiger partial charge >= 0.3 is 0 Å². The monoisotopic (exact) mass is 262 g/mol. The van der Waals surface area contributed by atoms with E-state index in [0.29, 0.717) is 12.8 Å². The first-order chi connectivity index (χ1) is 7.96. The third kappa shape index (κ3) is 7.53. The molecule has 0 bridgehead atoms. The van der Waals surface area contributed by atoms with Crippen molar-refractivity contribution in [1.29, 1.82) is 0 Å². The highest BCUT2D eigenvalue weighted by atomic mass is 32.2. The number of unbranched alkanes of at least 4 members (excludes halogenated alkanes) is 1. The van der Waals surface area contributed by atoms with Crippen LogP contribution < -0.4 is 0 Å². The van der Waals surface area contributed by atoms with E-state index >= 15 is 0 Å². The highest BCUT2D eigenvalue weighted by Gasteiger charge is 2.16. The molecule has 0 aromatic rings. The van der Waals surface area contributed by atoms with Gasteiger partial charge in [-0.25, -0.2) is 8.42 Å². The molecule has 0 radical (unpaired) electrons. The first-order valence-electron chi connectivity index (χ1n) is 6.69. The summed E-state index contributed by atoms with van der Waals surface area (Å²) < 4.78 is 22.6. The third-order valence-corrected chi connectivity index (χ3v) is 4.96. The Morgan fingerprint density at radius 3 is 2.24 bits per heavy atom. The zero-order chi connectivity index (χ0) is 13.3. The molecule has 17 heavy (non-hydrogen) atoms. The van der Waals surface area contributed by atoms with E-state index in [-0.39, 0.29) is 23.2 Å². The van der Waals surface area contributed by atoms with E-state index in [2.05, 4.69) is 6.92 Å². The summed E-state index contributed by atoms with van der Waals surface area (Å²) in [5.41, 5.74) is 0. The third-order valence-electron chi connectivity index (χ3n) is 3.17. The van der Waals surface area contributed by atoms with E-state index in [0.717, 1.165) is 25.7 Å². The van der Waals surface area contributed by atoms with Crippen molar-refractivity contribution in [2.45, 2.75) is 59.3 Å². The van der Waals surface area contributed by atoms with E-state index < -0.39 is 9.84 Å². The summed E-state index contributed by atoms with van der Waals surface area (Å²) in [5.74, 6) is 0.708. The van der Waals surface area contributed by atoms with Crippen molar-refractivity contribution in [3.8, 4) is 0 Å². The van der Waals surface area contributed by atoms with Gasteiger partial charge in [0.05, 0.1) is 5.75 Å². The molecule has 0 aliphatic heterocycles. The van der Waals surface area contributed by atoms with Crippen molar-refractivity contribution < 1.29 is 13.2 Å². The maximum absolute atomic E-state index is 11.9. The number of Topliss-reactive ketones (excluding diaryl/α,β-unsaturated/α-hetero) is 1. The highest BCUT2D eigenvalue weighted by molar-refractivity contribution is 7.91. The molecule has 0 aliphatic carbocycles. The number of carbonyl (C=O) groups excluding carboxylic acids is 1. The van der Waals surface area contributed by atoms with E-state index in [1.165, 1.54) is 0 Å². The lowest BCUT2D eigenvalue weighted by Crippen LogP contribution is -2.16.